The number of carbonyl (C=O) groups is 1. The molecule has 1 aliphatic heterocycles. The molecule has 0 bridgehead atoms. The second-order valence-corrected chi connectivity index (χ2v) is 4.86. The number of hydrogen-bond acceptors (Lipinski definition) is 4. The Morgan fingerprint density at radius 2 is 1.76 bits per heavy atom. The highest BCUT2D eigenvalue weighted by Crippen LogP contribution is 2.43. The number of para-hydroxylation sites is 2. The van der Waals surface area contributed by atoms with Crippen LogP contribution in [-0.2, 0) is 10.5 Å². The molecule has 4 heteroatoms. The van der Waals surface area contributed by atoms with Gasteiger partial charge in [0.1, 0.15) is 11.5 Å². The van der Waals surface area contributed by atoms with Gasteiger partial charge in [0.15, 0.2) is 5.78 Å². The number of ketones is 1. The first kappa shape index (κ1) is 13.6. The first-order valence-corrected chi connectivity index (χ1v) is 6.70. The van der Waals surface area contributed by atoms with E-state index in [0.717, 1.165) is 0 Å². The Morgan fingerprint density at radius 1 is 1.05 bits per heavy atom. The molecule has 1 unspecified atom stereocenters. The zero-order valence-corrected chi connectivity index (χ0v) is 12.0. The quantitative estimate of drug-likeness (QED) is 0.868. The Kier molecular flexibility index (Phi) is 3.39. The van der Waals surface area contributed by atoms with E-state index >= 15 is 0 Å². The predicted octanol–water partition coefficient (Wildman–Crippen LogP) is 3.16. The molecule has 2 aromatic carbocycles. The minimum absolute atomic E-state index is 0.00962. The summed E-state index contributed by atoms with van der Waals surface area (Å²) in [7, 11) is 3.12. The lowest BCUT2D eigenvalue weighted by Gasteiger charge is -2.37. The molecule has 0 spiro atoms. The van der Waals surface area contributed by atoms with Crippen molar-refractivity contribution in [2.24, 2.45) is 0 Å². The van der Waals surface area contributed by atoms with Gasteiger partial charge in [-0.25, -0.2) is 0 Å². The maximum atomic E-state index is 12.4. The van der Waals surface area contributed by atoms with Crippen LogP contribution in [0.3, 0.4) is 0 Å². The number of Topliss-reactive ketones (excluding diaryl/α,β-unsaturated/α-hetero) is 1. The SMILES string of the molecule is COc1ccccc1C1(OC)CC(=O)c2ccccc2O1. The number of rotatable bonds is 3. The van der Waals surface area contributed by atoms with Gasteiger partial charge in [-0.15, -0.1) is 0 Å². The van der Waals surface area contributed by atoms with Crippen LogP contribution in [0.4, 0.5) is 0 Å². The molecule has 1 atom stereocenters. The Labute approximate surface area is 123 Å². The molecule has 0 saturated carbocycles. The number of benzene rings is 2. The highest BCUT2D eigenvalue weighted by Gasteiger charge is 2.44. The summed E-state index contributed by atoms with van der Waals surface area (Å²) in [6.45, 7) is 0. The van der Waals surface area contributed by atoms with Crippen molar-refractivity contribution in [3.8, 4) is 11.5 Å². The van der Waals surface area contributed by atoms with Gasteiger partial charge in [-0.3, -0.25) is 4.79 Å². The van der Waals surface area contributed by atoms with Gasteiger partial charge in [-0.1, -0.05) is 24.3 Å². The number of fused-ring (bicyclic) bond motifs is 1. The van der Waals surface area contributed by atoms with Crippen molar-refractivity contribution >= 4 is 5.78 Å². The predicted molar refractivity (Wildman–Crippen MR) is 77.7 cm³/mol. The number of ether oxygens (including phenoxy) is 3. The highest BCUT2D eigenvalue weighted by atomic mass is 16.7. The van der Waals surface area contributed by atoms with Crippen LogP contribution in [0.5, 0.6) is 11.5 Å². The molecule has 1 heterocycles. The maximum absolute atomic E-state index is 12.4. The monoisotopic (exact) mass is 284 g/mol. The Bertz CT molecular complexity index is 680. The fourth-order valence-corrected chi connectivity index (χ4v) is 2.64. The molecule has 3 rings (SSSR count). The van der Waals surface area contributed by atoms with Crippen LogP contribution in [0.2, 0.25) is 0 Å². The standard InChI is InChI=1S/C17H16O4/c1-19-16-10-6-4-8-13(16)17(20-2)11-14(18)12-7-3-5-9-15(12)21-17/h3-10H,11H2,1-2H3. The molecule has 2 aromatic rings. The third-order valence-corrected chi connectivity index (χ3v) is 3.70. The van der Waals surface area contributed by atoms with Gasteiger partial charge in [0.05, 0.1) is 24.7 Å². The summed E-state index contributed by atoms with van der Waals surface area (Å²) in [5, 5.41) is 0. The molecule has 0 N–H and O–H groups in total. The molecule has 108 valence electrons. The highest BCUT2D eigenvalue weighted by molar-refractivity contribution is 6.00. The fraction of sp³-hybridized carbons (Fsp3) is 0.235. The maximum Gasteiger partial charge on any atom is 0.248 e. The number of methoxy groups -OCH3 is 2. The van der Waals surface area contributed by atoms with E-state index in [4.69, 9.17) is 14.2 Å². The average Bonchev–Trinajstić information content (AvgIpc) is 2.54. The Balaban J connectivity index is 2.13. The zero-order chi connectivity index (χ0) is 14.9. The molecule has 0 amide bonds. The van der Waals surface area contributed by atoms with Gasteiger partial charge in [0, 0.05) is 7.11 Å². The first-order valence-electron chi connectivity index (χ1n) is 6.70. The van der Waals surface area contributed by atoms with Crippen molar-refractivity contribution in [3.05, 3.63) is 59.7 Å². The summed E-state index contributed by atoms with van der Waals surface area (Å²) >= 11 is 0. The van der Waals surface area contributed by atoms with E-state index in [2.05, 4.69) is 0 Å². The summed E-state index contributed by atoms with van der Waals surface area (Å²) in [5.74, 6) is -0.00413. The van der Waals surface area contributed by atoms with E-state index < -0.39 is 5.79 Å². The molecule has 0 saturated heterocycles. The normalized spacial score (nSPS) is 20.6. The van der Waals surface area contributed by atoms with Gasteiger partial charge in [0.25, 0.3) is 0 Å². The largest absolute Gasteiger partial charge is 0.496 e. The van der Waals surface area contributed by atoms with Crippen molar-refractivity contribution in [1.82, 2.24) is 0 Å². The van der Waals surface area contributed by atoms with Crippen LogP contribution in [0, 0.1) is 0 Å². The summed E-state index contributed by atoms with van der Waals surface area (Å²) < 4.78 is 17.0. The molecule has 4 nitrogen and oxygen atoms in total. The van der Waals surface area contributed by atoms with Gasteiger partial charge in [-0.05, 0) is 24.3 Å². The molecule has 21 heavy (non-hydrogen) atoms. The lowest BCUT2D eigenvalue weighted by atomic mass is 9.92. The van der Waals surface area contributed by atoms with Crippen molar-refractivity contribution in [3.63, 3.8) is 0 Å². The third kappa shape index (κ3) is 2.17. The van der Waals surface area contributed by atoms with E-state index in [1.807, 2.05) is 36.4 Å². The summed E-state index contributed by atoms with van der Waals surface area (Å²) in [6, 6.07) is 14.6. The average molecular weight is 284 g/mol. The lowest BCUT2D eigenvalue weighted by Crippen LogP contribution is -2.41. The Morgan fingerprint density at radius 3 is 2.52 bits per heavy atom. The molecular formula is C17H16O4. The topological polar surface area (TPSA) is 44.8 Å². The molecule has 0 radical (unpaired) electrons. The molecule has 0 fully saturated rings. The minimum Gasteiger partial charge on any atom is -0.496 e. The van der Waals surface area contributed by atoms with Crippen molar-refractivity contribution < 1.29 is 19.0 Å². The van der Waals surface area contributed by atoms with E-state index in [1.54, 1.807) is 19.2 Å². The first-order chi connectivity index (χ1) is 10.2. The van der Waals surface area contributed by atoms with Crippen molar-refractivity contribution in [1.29, 1.82) is 0 Å². The van der Waals surface area contributed by atoms with E-state index in [1.165, 1.54) is 7.11 Å². The molecule has 0 aliphatic carbocycles. The van der Waals surface area contributed by atoms with Crippen LogP contribution < -0.4 is 9.47 Å². The van der Waals surface area contributed by atoms with Crippen molar-refractivity contribution in [2.75, 3.05) is 14.2 Å². The minimum atomic E-state index is -1.15. The molecule has 1 aliphatic rings. The zero-order valence-electron chi connectivity index (χ0n) is 12.0. The second-order valence-electron chi connectivity index (χ2n) is 4.86. The van der Waals surface area contributed by atoms with Gasteiger partial charge in [-0.2, -0.15) is 0 Å². The second kappa shape index (κ2) is 5.22. The number of hydrogen-bond donors (Lipinski definition) is 0. The molecular weight excluding hydrogens is 268 g/mol. The Hall–Kier alpha value is -2.33. The van der Waals surface area contributed by atoms with Crippen LogP contribution in [-0.4, -0.2) is 20.0 Å². The van der Waals surface area contributed by atoms with E-state index in [0.29, 0.717) is 22.6 Å². The van der Waals surface area contributed by atoms with Gasteiger partial charge >= 0.3 is 0 Å². The molecule has 0 aromatic heterocycles. The lowest BCUT2D eigenvalue weighted by molar-refractivity contribution is -0.174. The summed E-state index contributed by atoms with van der Waals surface area (Å²) in [6.07, 6.45) is 0.112. The summed E-state index contributed by atoms with van der Waals surface area (Å²) in [4.78, 5) is 12.4. The van der Waals surface area contributed by atoms with Gasteiger partial charge in [0.2, 0.25) is 5.79 Å². The smallest absolute Gasteiger partial charge is 0.248 e. The van der Waals surface area contributed by atoms with Crippen LogP contribution in [0.1, 0.15) is 22.3 Å². The van der Waals surface area contributed by atoms with Gasteiger partial charge < -0.3 is 14.2 Å². The van der Waals surface area contributed by atoms with Crippen LogP contribution in [0.15, 0.2) is 48.5 Å². The van der Waals surface area contributed by atoms with Crippen LogP contribution >= 0.6 is 0 Å². The third-order valence-electron chi connectivity index (χ3n) is 3.70. The van der Waals surface area contributed by atoms with Crippen molar-refractivity contribution in [2.45, 2.75) is 12.2 Å². The number of carbonyl (C=O) groups excluding carboxylic acids is 1. The van der Waals surface area contributed by atoms with E-state index in [9.17, 15) is 4.79 Å². The summed E-state index contributed by atoms with van der Waals surface area (Å²) in [5.41, 5.74) is 1.29. The van der Waals surface area contributed by atoms with E-state index in [-0.39, 0.29) is 12.2 Å². The van der Waals surface area contributed by atoms with Crippen LogP contribution in [0.25, 0.3) is 0 Å². The fourth-order valence-electron chi connectivity index (χ4n) is 2.64.